The van der Waals surface area contributed by atoms with Gasteiger partial charge in [0.2, 0.25) is 11.9 Å². The van der Waals surface area contributed by atoms with Gasteiger partial charge in [0.05, 0.1) is 6.42 Å². The van der Waals surface area contributed by atoms with Gasteiger partial charge in [-0.2, -0.15) is 4.98 Å². The molecule has 0 spiro atoms. The lowest BCUT2D eigenvalue weighted by Gasteiger charge is -2.42. The molecule has 5 heterocycles. The van der Waals surface area contributed by atoms with Crippen LogP contribution in [-0.4, -0.2) is 77.5 Å². The van der Waals surface area contributed by atoms with Crippen LogP contribution in [0.2, 0.25) is 0 Å². The van der Waals surface area contributed by atoms with Crippen LogP contribution in [0.25, 0.3) is 0 Å². The molecular formula is C24H33N7O. The highest BCUT2D eigenvalue weighted by Gasteiger charge is 2.37. The molecule has 170 valence electrons. The van der Waals surface area contributed by atoms with Crippen LogP contribution in [0.15, 0.2) is 30.5 Å². The fourth-order valence-electron chi connectivity index (χ4n) is 5.08. The van der Waals surface area contributed by atoms with E-state index < -0.39 is 0 Å². The SMILES string of the molecule is CCC1CC2CN(CCNCc3ccc(cc3)Nc3ncc4c(n3)N1C(=O)C4)CCN2C. The first-order chi connectivity index (χ1) is 15.6. The molecule has 3 unspecified atom stereocenters. The van der Waals surface area contributed by atoms with E-state index in [9.17, 15) is 4.79 Å². The lowest BCUT2D eigenvalue weighted by atomic mass is 10.00. The number of fused-ring (bicyclic) bond motifs is 6. The zero-order chi connectivity index (χ0) is 22.1. The van der Waals surface area contributed by atoms with Crippen molar-refractivity contribution in [1.29, 1.82) is 0 Å². The third kappa shape index (κ3) is 4.35. The smallest absolute Gasteiger partial charge is 0.233 e. The maximum Gasteiger partial charge on any atom is 0.233 e. The highest BCUT2D eigenvalue weighted by atomic mass is 16.2. The third-order valence-electron chi connectivity index (χ3n) is 7.07. The van der Waals surface area contributed by atoms with Crippen molar-refractivity contribution < 1.29 is 4.79 Å². The van der Waals surface area contributed by atoms with Crippen molar-refractivity contribution in [2.24, 2.45) is 0 Å². The molecule has 6 rings (SSSR count). The minimum absolute atomic E-state index is 0.134. The summed E-state index contributed by atoms with van der Waals surface area (Å²) in [6.45, 7) is 8.24. The number of aromatic nitrogens is 2. The zero-order valence-electron chi connectivity index (χ0n) is 19.0. The summed E-state index contributed by atoms with van der Waals surface area (Å²) in [6, 6.07) is 8.92. The first-order valence-electron chi connectivity index (χ1n) is 11.8. The number of nitrogens with one attached hydrogen (secondary N) is 2. The second-order valence-corrected chi connectivity index (χ2v) is 9.21. The van der Waals surface area contributed by atoms with Gasteiger partial charge < -0.3 is 15.5 Å². The zero-order valence-corrected chi connectivity index (χ0v) is 19.0. The second-order valence-electron chi connectivity index (χ2n) is 9.21. The van der Waals surface area contributed by atoms with Gasteiger partial charge in [0.15, 0.2) is 0 Å². The van der Waals surface area contributed by atoms with Gasteiger partial charge in [-0.3, -0.25) is 14.6 Å². The number of amides is 1. The van der Waals surface area contributed by atoms with Gasteiger partial charge in [0, 0.05) is 68.8 Å². The van der Waals surface area contributed by atoms with Crippen LogP contribution >= 0.6 is 0 Å². The summed E-state index contributed by atoms with van der Waals surface area (Å²) in [4.78, 5) is 29.3. The maximum absolute atomic E-state index is 13.0. The van der Waals surface area contributed by atoms with Gasteiger partial charge in [-0.25, -0.2) is 4.98 Å². The number of nitrogens with zero attached hydrogens (tertiary/aromatic N) is 5. The quantitative estimate of drug-likeness (QED) is 0.710. The molecule has 1 fully saturated rings. The standard InChI is InChI=1S/C24H33N7O/c1-3-20-13-21-16-30(11-10-29(21)2)9-8-25-14-17-4-6-19(7-5-17)27-24-26-15-18-12-22(32)31(20)23(18)28-24/h4-7,15,20-21,25H,3,8-14,16H2,1-2H3,(H,26,27,28). The number of hydrogen-bond donors (Lipinski definition) is 2. The van der Waals surface area contributed by atoms with E-state index in [2.05, 4.69) is 63.7 Å². The van der Waals surface area contributed by atoms with Gasteiger partial charge in [0.25, 0.3) is 0 Å². The van der Waals surface area contributed by atoms with Gasteiger partial charge in [-0.15, -0.1) is 0 Å². The molecule has 4 aliphatic heterocycles. The second kappa shape index (κ2) is 9.13. The van der Waals surface area contributed by atoms with Crippen LogP contribution in [0, 0.1) is 0 Å². The Morgan fingerprint density at radius 3 is 2.81 bits per heavy atom. The predicted octanol–water partition coefficient (Wildman–Crippen LogP) is 2.00. The van der Waals surface area contributed by atoms with Crippen LogP contribution in [0.5, 0.6) is 0 Å². The van der Waals surface area contributed by atoms with Gasteiger partial charge in [0.1, 0.15) is 5.82 Å². The first-order valence-corrected chi connectivity index (χ1v) is 11.8. The number of rotatable bonds is 1. The molecule has 0 saturated carbocycles. The van der Waals surface area contributed by atoms with Crippen molar-refractivity contribution in [2.45, 2.75) is 44.8 Å². The van der Waals surface area contributed by atoms with Crippen molar-refractivity contribution in [3.63, 3.8) is 0 Å². The summed E-state index contributed by atoms with van der Waals surface area (Å²) < 4.78 is 0. The van der Waals surface area contributed by atoms with E-state index in [0.717, 1.165) is 69.2 Å². The number of anilines is 3. The fourth-order valence-corrected chi connectivity index (χ4v) is 5.08. The molecule has 1 aromatic heterocycles. The van der Waals surface area contributed by atoms with E-state index in [1.165, 1.54) is 5.56 Å². The maximum atomic E-state index is 13.0. The molecule has 0 aliphatic carbocycles. The van der Waals surface area contributed by atoms with Crippen molar-refractivity contribution in [3.05, 3.63) is 41.6 Å². The number of carbonyl (C=O) groups excluding carboxylic acids is 1. The average molecular weight is 436 g/mol. The Hall–Kier alpha value is -2.55. The molecule has 8 nitrogen and oxygen atoms in total. The fraction of sp³-hybridized carbons (Fsp3) is 0.542. The van der Waals surface area contributed by atoms with E-state index in [1.54, 1.807) is 6.20 Å². The number of benzene rings is 1. The first kappa shape index (κ1) is 21.3. The molecule has 1 aromatic carbocycles. The average Bonchev–Trinajstić information content (AvgIpc) is 3.12. The van der Waals surface area contributed by atoms with Gasteiger partial charge >= 0.3 is 0 Å². The summed E-state index contributed by atoms with van der Waals surface area (Å²) in [5.74, 6) is 1.44. The van der Waals surface area contributed by atoms with Crippen LogP contribution in [-0.2, 0) is 17.8 Å². The van der Waals surface area contributed by atoms with Crippen LogP contribution in [0.4, 0.5) is 17.5 Å². The summed E-state index contributed by atoms with van der Waals surface area (Å²) >= 11 is 0. The monoisotopic (exact) mass is 435 g/mol. The minimum Gasteiger partial charge on any atom is -0.324 e. The number of hydrogen-bond acceptors (Lipinski definition) is 7. The Balaban J connectivity index is 1.48. The molecule has 3 atom stereocenters. The highest BCUT2D eigenvalue weighted by molar-refractivity contribution is 6.00. The van der Waals surface area contributed by atoms with E-state index in [0.29, 0.717) is 18.4 Å². The summed E-state index contributed by atoms with van der Waals surface area (Å²) in [7, 11) is 2.21. The van der Waals surface area contributed by atoms with E-state index >= 15 is 0 Å². The molecule has 1 saturated heterocycles. The van der Waals surface area contributed by atoms with Crippen LogP contribution < -0.4 is 15.5 Å². The highest BCUT2D eigenvalue weighted by Crippen LogP contribution is 2.32. The van der Waals surface area contributed by atoms with E-state index in [-0.39, 0.29) is 11.9 Å². The largest absolute Gasteiger partial charge is 0.324 e. The molecule has 6 bridgehead atoms. The van der Waals surface area contributed by atoms with E-state index in [1.807, 2.05) is 4.90 Å². The number of carbonyl (C=O) groups is 1. The minimum atomic E-state index is 0.134. The van der Waals surface area contributed by atoms with Gasteiger partial charge in [-0.1, -0.05) is 19.1 Å². The summed E-state index contributed by atoms with van der Waals surface area (Å²) in [5.41, 5.74) is 3.12. The van der Waals surface area contributed by atoms with Crippen molar-refractivity contribution >= 4 is 23.4 Å². The lowest BCUT2D eigenvalue weighted by Crippen LogP contribution is -2.55. The Kier molecular flexibility index (Phi) is 6.08. The topological polar surface area (TPSA) is 76.6 Å². The van der Waals surface area contributed by atoms with E-state index in [4.69, 9.17) is 4.98 Å². The Bertz CT molecular complexity index is 963. The van der Waals surface area contributed by atoms with Crippen molar-refractivity contribution in [1.82, 2.24) is 25.1 Å². The summed E-state index contributed by atoms with van der Waals surface area (Å²) in [6.07, 6.45) is 4.06. The molecule has 8 heteroatoms. The molecule has 32 heavy (non-hydrogen) atoms. The molecule has 2 aromatic rings. The number of piperazine rings is 1. The summed E-state index contributed by atoms with van der Waals surface area (Å²) in [5, 5.41) is 6.89. The van der Waals surface area contributed by atoms with Crippen molar-refractivity contribution in [2.75, 3.05) is 50.0 Å². The molecule has 1 amide bonds. The lowest BCUT2D eigenvalue weighted by molar-refractivity contribution is -0.118. The molecule has 2 N–H and O–H groups in total. The molecule has 0 radical (unpaired) electrons. The Morgan fingerprint density at radius 1 is 1.16 bits per heavy atom. The predicted molar refractivity (Wildman–Crippen MR) is 126 cm³/mol. The Labute approximate surface area is 190 Å². The Morgan fingerprint density at radius 2 is 2.00 bits per heavy atom. The molecule has 4 aliphatic rings. The van der Waals surface area contributed by atoms with Crippen molar-refractivity contribution in [3.8, 4) is 0 Å². The number of likely N-dealkylation sites (N-methyl/N-ethyl adjacent to an activating group) is 1. The third-order valence-corrected chi connectivity index (χ3v) is 7.07. The van der Waals surface area contributed by atoms with Crippen LogP contribution in [0.1, 0.15) is 30.9 Å². The molecular weight excluding hydrogens is 402 g/mol. The van der Waals surface area contributed by atoms with Crippen LogP contribution in [0.3, 0.4) is 0 Å². The normalized spacial score (nSPS) is 26.5. The van der Waals surface area contributed by atoms with Gasteiger partial charge in [-0.05, 0) is 37.6 Å².